The molecule has 0 aliphatic rings. The van der Waals surface area contributed by atoms with E-state index in [1.54, 1.807) is 7.11 Å². The first-order chi connectivity index (χ1) is 9.70. The molecule has 1 heterocycles. The van der Waals surface area contributed by atoms with Crippen LogP contribution in [0.3, 0.4) is 0 Å². The van der Waals surface area contributed by atoms with E-state index >= 15 is 0 Å². The molecule has 0 radical (unpaired) electrons. The number of methoxy groups -OCH3 is 1. The summed E-state index contributed by atoms with van der Waals surface area (Å²) in [5, 5.41) is 3.40. The Labute approximate surface area is 120 Å². The number of benzene rings is 1. The van der Waals surface area contributed by atoms with Crippen LogP contribution in [0.2, 0.25) is 0 Å². The molecule has 1 aromatic heterocycles. The lowest BCUT2D eigenvalue weighted by Gasteiger charge is -2.13. The van der Waals surface area contributed by atoms with Crippen molar-refractivity contribution in [3.8, 4) is 0 Å². The molecular weight excluding hydrogens is 250 g/mol. The Morgan fingerprint density at radius 3 is 2.65 bits per heavy atom. The summed E-state index contributed by atoms with van der Waals surface area (Å²) in [7, 11) is 1.71. The van der Waals surface area contributed by atoms with Crippen molar-refractivity contribution in [2.45, 2.75) is 26.5 Å². The second-order valence-corrected chi connectivity index (χ2v) is 5.34. The maximum atomic E-state index is 5.56. The predicted molar refractivity (Wildman–Crippen MR) is 80.4 cm³/mol. The number of imidazole rings is 1. The van der Waals surface area contributed by atoms with Crippen molar-refractivity contribution >= 4 is 0 Å². The lowest BCUT2D eigenvalue weighted by atomic mass is 10.1. The molecule has 0 aliphatic heterocycles. The average molecular weight is 273 g/mol. The van der Waals surface area contributed by atoms with Gasteiger partial charge in [-0.3, -0.25) is 0 Å². The largest absolute Gasteiger partial charge is 0.369 e. The minimum atomic E-state index is -0.143. The second kappa shape index (κ2) is 7.22. The van der Waals surface area contributed by atoms with E-state index in [0.29, 0.717) is 5.92 Å². The molecule has 1 aromatic carbocycles. The summed E-state index contributed by atoms with van der Waals surface area (Å²) in [5.74, 6) is 1.49. The fourth-order valence-electron chi connectivity index (χ4n) is 2.13. The topological polar surface area (TPSA) is 49.9 Å². The highest BCUT2D eigenvalue weighted by Crippen LogP contribution is 2.22. The second-order valence-electron chi connectivity index (χ2n) is 5.34. The van der Waals surface area contributed by atoms with Crippen LogP contribution in [-0.4, -0.2) is 23.6 Å². The molecule has 0 bridgehead atoms. The summed E-state index contributed by atoms with van der Waals surface area (Å²) in [4.78, 5) is 7.78. The van der Waals surface area contributed by atoms with Gasteiger partial charge in [-0.05, 0) is 18.0 Å². The third kappa shape index (κ3) is 3.92. The van der Waals surface area contributed by atoms with Gasteiger partial charge in [-0.15, -0.1) is 0 Å². The number of rotatable bonds is 7. The third-order valence-corrected chi connectivity index (χ3v) is 3.10. The highest BCUT2D eigenvalue weighted by atomic mass is 16.5. The number of hydrogen-bond acceptors (Lipinski definition) is 3. The highest BCUT2D eigenvalue weighted by Gasteiger charge is 2.16. The first-order valence-electron chi connectivity index (χ1n) is 7.03. The van der Waals surface area contributed by atoms with Gasteiger partial charge in [-0.1, -0.05) is 44.2 Å². The van der Waals surface area contributed by atoms with E-state index in [-0.39, 0.29) is 6.10 Å². The minimum Gasteiger partial charge on any atom is -0.369 e. The SMILES string of the molecule is COC(c1ccccc1)c1ncc(CNCC(C)C)[nH]1. The molecule has 2 N–H and O–H groups in total. The molecular formula is C16H23N3O. The fourth-order valence-corrected chi connectivity index (χ4v) is 2.13. The highest BCUT2D eigenvalue weighted by molar-refractivity contribution is 5.23. The van der Waals surface area contributed by atoms with Gasteiger partial charge >= 0.3 is 0 Å². The number of aromatic amines is 1. The van der Waals surface area contributed by atoms with E-state index in [1.807, 2.05) is 36.5 Å². The summed E-state index contributed by atoms with van der Waals surface area (Å²) in [6.45, 7) is 6.20. The van der Waals surface area contributed by atoms with E-state index in [0.717, 1.165) is 30.2 Å². The first-order valence-corrected chi connectivity index (χ1v) is 7.03. The molecule has 0 fully saturated rings. The smallest absolute Gasteiger partial charge is 0.140 e. The van der Waals surface area contributed by atoms with E-state index < -0.39 is 0 Å². The maximum absolute atomic E-state index is 5.56. The van der Waals surface area contributed by atoms with Crippen LogP contribution in [0, 0.1) is 5.92 Å². The van der Waals surface area contributed by atoms with Gasteiger partial charge < -0.3 is 15.0 Å². The van der Waals surface area contributed by atoms with Crippen LogP contribution in [0.4, 0.5) is 0 Å². The Balaban J connectivity index is 2.03. The van der Waals surface area contributed by atoms with Crippen LogP contribution >= 0.6 is 0 Å². The maximum Gasteiger partial charge on any atom is 0.140 e. The molecule has 1 atom stereocenters. The van der Waals surface area contributed by atoms with Crippen LogP contribution < -0.4 is 5.32 Å². The van der Waals surface area contributed by atoms with Crippen molar-refractivity contribution < 1.29 is 4.74 Å². The zero-order valence-electron chi connectivity index (χ0n) is 12.4. The number of ether oxygens (including phenoxy) is 1. The fraction of sp³-hybridized carbons (Fsp3) is 0.438. The quantitative estimate of drug-likeness (QED) is 0.815. The van der Waals surface area contributed by atoms with Gasteiger partial charge in [-0.25, -0.2) is 4.98 Å². The van der Waals surface area contributed by atoms with Crippen molar-refractivity contribution in [2.75, 3.05) is 13.7 Å². The van der Waals surface area contributed by atoms with Crippen molar-refractivity contribution in [3.05, 3.63) is 53.6 Å². The van der Waals surface area contributed by atoms with Crippen LogP contribution in [0.25, 0.3) is 0 Å². The van der Waals surface area contributed by atoms with Crippen molar-refractivity contribution in [1.82, 2.24) is 15.3 Å². The molecule has 2 rings (SSSR count). The Morgan fingerprint density at radius 1 is 1.25 bits per heavy atom. The van der Waals surface area contributed by atoms with Crippen molar-refractivity contribution in [2.24, 2.45) is 5.92 Å². The van der Waals surface area contributed by atoms with Crippen molar-refractivity contribution in [1.29, 1.82) is 0 Å². The van der Waals surface area contributed by atoms with Crippen LogP contribution in [0.5, 0.6) is 0 Å². The Kier molecular flexibility index (Phi) is 5.32. The summed E-state index contributed by atoms with van der Waals surface area (Å²) in [6.07, 6.45) is 1.73. The normalized spacial score (nSPS) is 12.8. The van der Waals surface area contributed by atoms with Crippen LogP contribution in [-0.2, 0) is 11.3 Å². The van der Waals surface area contributed by atoms with Gasteiger partial charge in [0.1, 0.15) is 11.9 Å². The lowest BCUT2D eigenvalue weighted by molar-refractivity contribution is 0.129. The molecule has 2 aromatic rings. The van der Waals surface area contributed by atoms with Crippen LogP contribution in [0.15, 0.2) is 36.5 Å². The minimum absolute atomic E-state index is 0.143. The predicted octanol–water partition coefficient (Wildman–Crippen LogP) is 2.89. The molecule has 0 aliphatic carbocycles. The van der Waals surface area contributed by atoms with Gasteiger partial charge in [0.05, 0.1) is 0 Å². The van der Waals surface area contributed by atoms with E-state index in [4.69, 9.17) is 4.74 Å². The summed E-state index contributed by atoms with van der Waals surface area (Å²) < 4.78 is 5.56. The molecule has 20 heavy (non-hydrogen) atoms. The molecule has 4 nitrogen and oxygen atoms in total. The standard InChI is InChI=1S/C16H23N3O/c1-12(2)9-17-10-14-11-18-16(19-14)15(20-3)13-7-5-4-6-8-13/h4-8,11-12,15,17H,9-10H2,1-3H3,(H,18,19). The Bertz CT molecular complexity index is 507. The number of nitrogens with one attached hydrogen (secondary N) is 2. The lowest BCUT2D eigenvalue weighted by Crippen LogP contribution is -2.19. The van der Waals surface area contributed by atoms with E-state index in [2.05, 4.69) is 29.1 Å². The molecule has 0 spiro atoms. The number of nitrogens with zero attached hydrogens (tertiary/aromatic N) is 1. The number of aromatic nitrogens is 2. The van der Waals surface area contributed by atoms with Gasteiger partial charge in [0, 0.05) is 25.5 Å². The molecule has 4 heteroatoms. The van der Waals surface area contributed by atoms with Gasteiger partial charge in [0.25, 0.3) is 0 Å². The Morgan fingerprint density at radius 2 is 2.00 bits per heavy atom. The number of hydrogen-bond donors (Lipinski definition) is 2. The van der Waals surface area contributed by atoms with Gasteiger partial charge in [0.15, 0.2) is 0 Å². The molecule has 0 saturated carbocycles. The number of H-pyrrole nitrogens is 1. The average Bonchev–Trinajstić information content (AvgIpc) is 2.89. The summed E-state index contributed by atoms with van der Waals surface area (Å²) in [6, 6.07) is 10.1. The zero-order chi connectivity index (χ0) is 14.4. The molecule has 0 saturated heterocycles. The van der Waals surface area contributed by atoms with Gasteiger partial charge in [0.2, 0.25) is 0 Å². The zero-order valence-corrected chi connectivity index (χ0v) is 12.4. The van der Waals surface area contributed by atoms with E-state index in [1.165, 1.54) is 0 Å². The first kappa shape index (κ1) is 14.8. The molecule has 108 valence electrons. The summed E-state index contributed by atoms with van der Waals surface area (Å²) >= 11 is 0. The van der Waals surface area contributed by atoms with Crippen molar-refractivity contribution in [3.63, 3.8) is 0 Å². The van der Waals surface area contributed by atoms with Gasteiger partial charge in [-0.2, -0.15) is 0 Å². The Hall–Kier alpha value is -1.65. The molecule has 1 unspecified atom stereocenters. The summed E-state index contributed by atoms with van der Waals surface area (Å²) in [5.41, 5.74) is 2.18. The van der Waals surface area contributed by atoms with E-state index in [9.17, 15) is 0 Å². The monoisotopic (exact) mass is 273 g/mol. The third-order valence-electron chi connectivity index (χ3n) is 3.10. The van der Waals surface area contributed by atoms with Crippen LogP contribution in [0.1, 0.15) is 37.0 Å². The molecule has 0 amide bonds.